The van der Waals surface area contributed by atoms with E-state index < -0.39 is 0 Å². The zero-order valence-corrected chi connectivity index (χ0v) is 11.0. The molecule has 1 heterocycles. The van der Waals surface area contributed by atoms with Crippen LogP contribution >= 0.6 is 0 Å². The summed E-state index contributed by atoms with van der Waals surface area (Å²) in [6.45, 7) is 1.46. The molecule has 0 fully saturated rings. The number of nitrogens with zero attached hydrogens (tertiary/aromatic N) is 1. The maximum Gasteiger partial charge on any atom is 0.255 e. The molecule has 5 nitrogen and oxygen atoms in total. The molecule has 1 amide bonds. The average Bonchev–Trinajstić information content (AvgIpc) is 2.42. The number of rotatable bonds is 8. The van der Waals surface area contributed by atoms with Crippen LogP contribution in [0.2, 0.25) is 0 Å². The first-order chi connectivity index (χ1) is 8.79. The van der Waals surface area contributed by atoms with Crippen LogP contribution in [-0.4, -0.2) is 38.2 Å². The molecule has 0 aliphatic heterocycles. The number of carbonyl (C=O) groups is 1. The lowest BCUT2D eigenvalue weighted by Gasteiger charge is -2.08. The predicted octanol–water partition coefficient (Wildman–Crippen LogP) is 1.67. The monoisotopic (exact) mass is 251 g/mol. The SMILES string of the molecule is CNc1ncccc1C(=O)NCCCCCOC. The fraction of sp³-hybridized carbons (Fsp3) is 0.538. The maximum atomic E-state index is 11.9. The van der Waals surface area contributed by atoms with Gasteiger partial charge in [0, 0.05) is 33.5 Å². The quantitative estimate of drug-likeness (QED) is 0.690. The Balaban J connectivity index is 2.32. The van der Waals surface area contributed by atoms with E-state index >= 15 is 0 Å². The molecular formula is C13H21N3O2. The highest BCUT2D eigenvalue weighted by Gasteiger charge is 2.09. The summed E-state index contributed by atoms with van der Waals surface area (Å²) in [5.41, 5.74) is 0.580. The van der Waals surface area contributed by atoms with Crippen LogP contribution < -0.4 is 10.6 Å². The van der Waals surface area contributed by atoms with Crippen LogP contribution in [0.15, 0.2) is 18.3 Å². The summed E-state index contributed by atoms with van der Waals surface area (Å²) in [6, 6.07) is 3.52. The lowest BCUT2D eigenvalue weighted by Crippen LogP contribution is -2.25. The van der Waals surface area contributed by atoms with Gasteiger partial charge in [0.2, 0.25) is 0 Å². The highest BCUT2D eigenvalue weighted by Crippen LogP contribution is 2.09. The predicted molar refractivity (Wildman–Crippen MR) is 71.8 cm³/mol. The van der Waals surface area contributed by atoms with Crippen molar-refractivity contribution in [2.24, 2.45) is 0 Å². The molecule has 0 aliphatic rings. The fourth-order valence-corrected chi connectivity index (χ4v) is 1.63. The highest BCUT2D eigenvalue weighted by atomic mass is 16.5. The van der Waals surface area contributed by atoms with Crippen LogP contribution in [0.25, 0.3) is 0 Å². The molecule has 100 valence electrons. The first-order valence-corrected chi connectivity index (χ1v) is 6.19. The molecule has 0 saturated carbocycles. The number of hydrogen-bond donors (Lipinski definition) is 2. The molecule has 0 saturated heterocycles. The van der Waals surface area contributed by atoms with Gasteiger partial charge in [-0.1, -0.05) is 0 Å². The summed E-state index contributed by atoms with van der Waals surface area (Å²) in [5.74, 6) is 0.522. The minimum atomic E-state index is -0.0841. The summed E-state index contributed by atoms with van der Waals surface area (Å²) in [7, 11) is 3.45. The molecule has 2 N–H and O–H groups in total. The summed E-state index contributed by atoms with van der Waals surface area (Å²) < 4.78 is 4.97. The third kappa shape index (κ3) is 4.71. The van der Waals surface area contributed by atoms with Crippen molar-refractivity contribution < 1.29 is 9.53 Å². The van der Waals surface area contributed by atoms with Gasteiger partial charge in [0.25, 0.3) is 5.91 Å². The third-order valence-corrected chi connectivity index (χ3v) is 2.60. The molecule has 0 aliphatic carbocycles. The number of anilines is 1. The molecule has 0 bridgehead atoms. The minimum Gasteiger partial charge on any atom is -0.385 e. The second kappa shape index (κ2) is 8.47. The Morgan fingerprint density at radius 3 is 2.94 bits per heavy atom. The minimum absolute atomic E-state index is 0.0841. The largest absolute Gasteiger partial charge is 0.385 e. The topological polar surface area (TPSA) is 63.2 Å². The van der Waals surface area contributed by atoms with E-state index in [1.807, 2.05) is 0 Å². The van der Waals surface area contributed by atoms with Gasteiger partial charge in [0.05, 0.1) is 5.56 Å². The fourth-order valence-electron chi connectivity index (χ4n) is 1.63. The van der Waals surface area contributed by atoms with E-state index in [0.29, 0.717) is 17.9 Å². The van der Waals surface area contributed by atoms with E-state index in [2.05, 4.69) is 15.6 Å². The number of hydrogen-bond acceptors (Lipinski definition) is 4. The Labute approximate surface area is 108 Å². The van der Waals surface area contributed by atoms with Crippen molar-refractivity contribution >= 4 is 11.7 Å². The van der Waals surface area contributed by atoms with Gasteiger partial charge in [0.1, 0.15) is 5.82 Å². The van der Waals surface area contributed by atoms with Crippen LogP contribution in [0.3, 0.4) is 0 Å². The van der Waals surface area contributed by atoms with E-state index in [1.165, 1.54) is 0 Å². The van der Waals surface area contributed by atoms with Gasteiger partial charge in [0.15, 0.2) is 0 Å². The number of nitrogens with one attached hydrogen (secondary N) is 2. The van der Waals surface area contributed by atoms with Crippen molar-refractivity contribution in [2.75, 3.05) is 32.6 Å². The number of pyridine rings is 1. The van der Waals surface area contributed by atoms with Gasteiger partial charge in [-0.3, -0.25) is 4.79 Å². The smallest absolute Gasteiger partial charge is 0.255 e. The second-order valence-corrected chi connectivity index (χ2v) is 3.96. The lowest BCUT2D eigenvalue weighted by atomic mass is 10.2. The van der Waals surface area contributed by atoms with Crippen LogP contribution in [0.4, 0.5) is 5.82 Å². The van der Waals surface area contributed by atoms with E-state index in [9.17, 15) is 4.79 Å². The summed E-state index contributed by atoms with van der Waals surface area (Å²) in [6.07, 6.45) is 4.71. The molecule has 0 atom stereocenters. The van der Waals surface area contributed by atoms with E-state index in [4.69, 9.17) is 4.74 Å². The van der Waals surface area contributed by atoms with Gasteiger partial charge in [-0.2, -0.15) is 0 Å². The number of ether oxygens (including phenoxy) is 1. The van der Waals surface area contributed by atoms with Gasteiger partial charge in [-0.15, -0.1) is 0 Å². The van der Waals surface area contributed by atoms with E-state index in [0.717, 1.165) is 25.9 Å². The molecule has 0 radical (unpaired) electrons. The average molecular weight is 251 g/mol. The number of methoxy groups -OCH3 is 1. The molecule has 1 aromatic rings. The van der Waals surface area contributed by atoms with Gasteiger partial charge >= 0.3 is 0 Å². The maximum absolute atomic E-state index is 11.9. The van der Waals surface area contributed by atoms with Crippen molar-refractivity contribution in [3.8, 4) is 0 Å². The molecule has 1 aromatic heterocycles. The molecule has 5 heteroatoms. The molecule has 0 aromatic carbocycles. The summed E-state index contributed by atoms with van der Waals surface area (Å²) in [5, 5.41) is 5.80. The number of amides is 1. The van der Waals surface area contributed by atoms with Crippen molar-refractivity contribution in [1.82, 2.24) is 10.3 Å². The zero-order chi connectivity index (χ0) is 13.2. The van der Waals surface area contributed by atoms with E-state index in [-0.39, 0.29) is 5.91 Å². The summed E-state index contributed by atoms with van der Waals surface area (Å²) >= 11 is 0. The summed E-state index contributed by atoms with van der Waals surface area (Å²) in [4.78, 5) is 16.0. The van der Waals surface area contributed by atoms with Gasteiger partial charge in [-0.05, 0) is 31.4 Å². The lowest BCUT2D eigenvalue weighted by molar-refractivity contribution is 0.0953. The molecule has 0 unspecified atom stereocenters. The Hall–Kier alpha value is -1.62. The van der Waals surface area contributed by atoms with Gasteiger partial charge in [-0.25, -0.2) is 4.98 Å². The first-order valence-electron chi connectivity index (χ1n) is 6.19. The van der Waals surface area contributed by atoms with Crippen molar-refractivity contribution in [3.63, 3.8) is 0 Å². The highest BCUT2D eigenvalue weighted by molar-refractivity contribution is 5.98. The van der Waals surface area contributed by atoms with Gasteiger partial charge < -0.3 is 15.4 Å². The zero-order valence-electron chi connectivity index (χ0n) is 11.0. The Kier molecular flexibility index (Phi) is 6.79. The van der Waals surface area contributed by atoms with Crippen LogP contribution in [0, 0.1) is 0 Å². The molecule has 18 heavy (non-hydrogen) atoms. The third-order valence-electron chi connectivity index (χ3n) is 2.60. The van der Waals surface area contributed by atoms with Crippen molar-refractivity contribution in [3.05, 3.63) is 23.9 Å². The Morgan fingerprint density at radius 2 is 2.22 bits per heavy atom. The van der Waals surface area contributed by atoms with Crippen molar-refractivity contribution in [1.29, 1.82) is 0 Å². The number of carbonyl (C=O) groups excluding carboxylic acids is 1. The molecule has 1 rings (SSSR count). The number of aromatic nitrogens is 1. The van der Waals surface area contributed by atoms with E-state index in [1.54, 1.807) is 32.5 Å². The first kappa shape index (κ1) is 14.4. The molecular weight excluding hydrogens is 230 g/mol. The normalized spacial score (nSPS) is 10.1. The number of unbranched alkanes of at least 4 members (excludes halogenated alkanes) is 2. The second-order valence-electron chi connectivity index (χ2n) is 3.96. The van der Waals surface area contributed by atoms with Crippen LogP contribution in [-0.2, 0) is 4.74 Å². The molecule has 0 spiro atoms. The Morgan fingerprint density at radius 1 is 1.39 bits per heavy atom. The van der Waals surface area contributed by atoms with Crippen LogP contribution in [0.5, 0.6) is 0 Å². The van der Waals surface area contributed by atoms with Crippen molar-refractivity contribution in [2.45, 2.75) is 19.3 Å². The van der Waals surface area contributed by atoms with Crippen LogP contribution in [0.1, 0.15) is 29.6 Å². The standard InChI is InChI=1S/C13H21N3O2/c1-14-12-11(7-6-9-15-12)13(17)16-8-4-3-5-10-18-2/h6-7,9H,3-5,8,10H2,1-2H3,(H,14,15)(H,16,17). The Bertz CT molecular complexity index is 369.